The Morgan fingerprint density at radius 1 is 1.10 bits per heavy atom. The Morgan fingerprint density at radius 3 is 2.60 bits per heavy atom. The van der Waals surface area contributed by atoms with Crippen molar-refractivity contribution in [3.8, 4) is 0 Å². The fourth-order valence-corrected chi connectivity index (χ4v) is 15.2. The van der Waals surface area contributed by atoms with Gasteiger partial charge in [0.2, 0.25) is 0 Å². The van der Waals surface area contributed by atoms with Crippen molar-refractivity contribution in [2.24, 2.45) is 0 Å². The molecule has 1 fully saturated rings. The summed E-state index contributed by atoms with van der Waals surface area (Å²) in [5, 5.41) is 3.71. The predicted octanol–water partition coefficient (Wildman–Crippen LogP) is 6.54. The van der Waals surface area contributed by atoms with Crippen LogP contribution in [-0.4, -0.2) is 10.7 Å². The van der Waals surface area contributed by atoms with Crippen LogP contribution >= 0.6 is 73.1 Å². The van der Waals surface area contributed by atoms with E-state index in [1.807, 2.05) is 10.8 Å². The Labute approximate surface area is 148 Å². The van der Waals surface area contributed by atoms with Gasteiger partial charge in [-0.05, 0) is 79.4 Å². The zero-order valence-electron chi connectivity index (χ0n) is 10.9. The molecule has 0 spiro atoms. The first kappa shape index (κ1) is 17.7. The molecular formula is C12H15NS7. The summed E-state index contributed by atoms with van der Waals surface area (Å²) in [4.78, 5) is -0.276. The van der Waals surface area contributed by atoms with E-state index in [0.29, 0.717) is 0 Å². The van der Waals surface area contributed by atoms with Gasteiger partial charge < -0.3 is 0 Å². The molecule has 20 heavy (non-hydrogen) atoms. The van der Waals surface area contributed by atoms with Crippen molar-refractivity contribution in [1.29, 1.82) is 0 Å². The van der Waals surface area contributed by atoms with E-state index in [2.05, 4.69) is 42.6 Å². The largest absolute Gasteiger partial charge is 0.293 e. The summed E-state index contributed by atoms with van der Waals surface area (Å²) in [5.74, 6) is 0. The molecule has 1 saturated heterocycles. The first-order valence-corrected chi connectivity index (χ1v) is 14.1. The van der Waals surface area contributed by atoms with Gasteiger partial charge in [-0.1, -0.05) is 55.9 Å². The third-order valence-electron chi connectivity index (χ3n) is 2.72. The Hall–Kier alpha value is 1.37. The van der Waals surface area contributed by atoms with Gasteiger partial charge in [0.1, 0.15) is 4.87 Å². The van der Waals surface area contributed by atoms with E-state index in [1.54, 1.807) is 50.1 Å². The van der Waals surface area contributed by atoms with E-state index in [0.717, 1.165) is 10.7 Å². The fourth-order valence-electron chi connectivity index (χ4n) is 1.71. The highest BCUT2D eigenvalue weighted by Crippen LogP contribution is 2.62. The van der Waals surface area contributed by atoms with Gasteiger partial charge in [0.25, 0.3) is 0 Å². The van der Waals surface area contributed by atoms with Crippen molar-refractivity contribution < 1.29 is 0 Å². The fraction of sp³-hybridized carbons (Fsp3) is 0.417. The second kappa shape index (κ2) is 9.50. The third kappa shape index (κ3) is 4.68. The molecule has 0 unspecified atom stereocenters. The molecule has 1 atom stereocenters. The smallest absolute Gasteiger partial charge is 0.144 e. The summed E-state index contributed by atoms with van der Waals surface area (Å²) in [6.07, 6.45) is 2.36. The molecule has 1 N–H and O–H groups in total. The highest BCUT2D eigenvalue weighted by Gasteiger charge is 2.39. The lowest BCUT2D eigenvalue weighted by molar-refractivity contribution is 0.585. The number of rotatable bonds is 5. The van der Waals surface area contributed by atoms with Crippen molar-refractivity contribution in [2.75, 3.05) is 6.54 Å². The molecule has 0 aromatic heterocycles. The van der Waals surface area contributed by atoms with Crippen LogP contribution in [0, 0.1) is 0 Å². The maximum Gasteiger partial charge on any atom is 0.144 e. The topological polar surface area (TPSA) is 12.0 Å². The molecule has 0 bridgehead atoms. The lowest BCUT2D eigenvalue weighted by atomic mass is 10.1. The number of hydrogen-bond donors (Lipinski definition) is 1. The number of nitrogens with one attached hydrogen (secondary N) is 1. The number of hydrogen-bond acceptors (Lipinski definition) is 8. The molecule has 110 valence electrons. The summed E-state index contributed by atoms with van der Waals surface area (Å²) in [5.41, 5.74) is 1.25. The van der Waals surface area contributed by atoms with Gasteiger partial charge in [-0.25, -0.2) is 0 Å². The summed E-state index contributed by atoms with van der Waals surface area (Å²) in [6, 6.07) is 10.6. The van der Waals surface area contributed by atoms with Gasteiger partial charge in [-0.15, -0.1) is 0 Å². The standard InChI is InChI=1S/C12H15NS7/c1-2-3-9-13-12(10-7-5-4-6-8-10)11(14)15-17-19-20-18-16-12/h4-8,13H,2-3,9H2,1H3/t12-/m0/s1. The molecule has 1 nitrogen and oxygen atoms in total. The molecule has 1 aliphatic rings. The quantitative estimate of drug-likeness (QED) is 0.337. The molecule has 0 saturated carbocycles. The highest BCUT2D eigenvalue weighted by atomic mass is 33.9. The van der Waals surface area contributed by atoms with Gasteiger partial charge in [0.15, 0.2) is 0 Å². The molecular weight excluding hydrogens is 383 g/mol. The van der Waals surface area contributed by atoms with Crippen LogP contribution in [0.5, 0.6) is 0 Å². The summed E-state index contributed by atoms with van der Waals surface area (Å²) in [7, 11) is 10.7. The first-order chi connectivity index (χ1) is 9.79. The minimum absolute atomic E-state index is 0.276. The second-order valence-corrected chi connectivity index (χ2v) is 14.2. The molecule has 1 aliphatic heterocycles. The molecule has 0 aliphatic carbocycles. The Kier molecular flexibility index (Phi) is 8.41. The van der Waals surface area contributed by atoms with Gasteiger partial charge in [0, 0.05) is 0 Å². The molecule has 2 rings (SSSR count). The van der Waals surface area contributed by atoms with E-state index in [1.165, 1.54) is 18.4 Å². The lowest BCUT2D eigenvalue weighted by Crippen LogP contribution is -2.44. The summed E-state index contributed by atoms with van der Waals surface area (Å²) >= 11 is 5.74. The number of thiocarbonyl (C=S) groups is 1. The van der Waals surface area contributed by atoms with E-state index in [-0.39, 0.29) is 4.87 Å². The van der Waals surface area contributed by atoms with Crippen LogP contribution in [0.1, 0.15) is 25.3 Å². The van der Waals surface area contributed by atoms with E-state index in [9.17, 15) is 0 Å². The monoisotopic (exact) mass is 397 g/mol. The Bertz CT molecular complexity index is 427. The normalized spacial score (nSPS) is 24.1. The number of benzene rings is 1. The van der Waals surface area contributed by atoms with Crippen LogP contribution in [0.2, 0.25) is 0 Å². The highest BCUT2D eigenvalue weighted by molar-refractivity contribution is 9.43. The second-order valence-electron chi connectivity index (χ2n) is 4.05. The first-order valence-electron chi connectivity index (χ1n) is 6.17. The van der Waals surface area contributed by atoms with Gasteiger partial charge >= 0.3 is 0 Å². The zero-order valence-corrected chi connectivity index (χ0v) is 16.6. The van der Waals surface area contributed by atoms with Crippen molar-refractivity contribution in [2.45, 2.75) is 24.6 Å². The van der Waals surface area contributed by atoms with E-state index in [4.69, 9.17) is 12.2 Å². The van der Waals surface area contributed by atoms with Crippen molar-refractivity contribution in [3.63, 3.8) is 0 Å². The van der Waals surface area contributed by atoms with Crippen LogP contribution in [0.15, 0.2) is 30.3 Å². The SMILES string of the molecule is CCCCN[C@@]1(c2ccccc2)SSSSSSC1=S. The predicted molar refractivity (Wildman–Crippen MR) is 109 cm³/mol. The van der Waals surface area contributed by atoms with Crippen molar-refractivity contribution >= 4 is 77.3 Å². The molecule has 0 amide bonds. The third-order valence-corrected chi connectivity index (χ3v) is 14.8. The molecule has 1 aromatic carbocycles. The number of unbranched alkanes of at least 4 members (excludes halogenated alkanes) is 1. The van der Waals surface area contributed by atoms with Crippen LogP contribution < -0.4 is 5.32 Å². The Balaban J connectivity index is 2.27. The van der Waals surface area contributed by atoms with Gasteiger partial charge in [0.05, 0.1) is 4.20 Å². The van der Waals surface area contributed by atoms with Gasteiger partial charge in [-0.3, -0.25) is 5.32 Å². The summed E-state index contributed by atoms with van der Waals surface area (Å²) < 4.78 is 1.01. The average molecular weight is 398 g/mol. The molecule has 8 heteroatoms. The van der Waals surface area contributed by atoms with Crippen LogP contribution in [0.4, 0.5) is 0 Å². The zero-order chi connectivity index (χ0) is 14.3. The molecule has 1 heterocycles. The van der Waals surface area contributed by atoms with Crippen LogP contribution in [-0.2, 0) is 4.87 Å². The van der Waals surface area contributed by atoms with Crippen molar-refractivity contribution in [1.82, 2.24) is 5.32 Å². The average Bonchev–Trinajstić information content (AvgIpc) is 2.47. The minimum Gasteiger partial charge on any atom is -0.293 e. The van der Waals surface area contributed by atoms with E-state index >= 15 is 0 Å². The minimum atomic E-state index is -0.276. The summed E-state index contributed by atoms with van der Waals surface area (Å²) in [6.45, 7) is 3.20. The van der Waals surface area contributed by atoms with Crippen molar-refractivity contribution in [3.05, 3.63) is 35.9 Å². The van der Waals surface area contributed by atoms with Crippen LogP contribution in [0.3, 0.4) is 0 Å². The van der Waals surface area contributed by atoms with Crippen LogP contribution in [0.25, 0.3) is 0 Å². The maximum atomic E-state index is 5.74. The molecule has 1 aromatic rings. The lowest BCUT2D eigenvalue weighted by Gasteiger charge is -2.35. The maximum absolute atomic E-state index is 5.74. The van der Waals surface area contributed by atoms with Gasteiger partial charge in [-0.2, -0.15) is 0 Å². The van der Waals surface area contributed by atoms with E-state index < -0.39 is 0 Å². The Morgan fingerprint density at radius 2 is 1.85 bits per heavy atom. The molecule has 0 radical (unpaired) electrons.